The van der Waals surface area contributed by atoms with Crippen LogP contribution < -0.4 is 10.9 Å². The monoisotopic (exact) mass is 276 g/mol. The van der Waals surface area contributed by atoms with E-state index in [1.54, 1.807) is 5.19 Å². The van der Waals surface area contributed by atoms with Crippen LogP contribution in [0.2, 0.25) is 19.6 Å². The summed E-state index contributed by atoms with van der Waals surface area (Å²) >= 11 is 0. The minimum Gasteiger partial charge on any atom is -0.326 e. The highest BCUT2D eigenvalue weighted by Gasteiger charge is 2.23. The maximum atomic E-state index is 6.17. The van der Waals surface area contributed by atoms with Crippen LogP contribution in [0.5, 0.6) is 0 Å². The van der Waals surface area contributed by atoms with Crippen LogP contribution in [-0.2, 0) is 6.54 Å². The summed E-state index contributed by atoms with van der Waals surface area (Å²) in [5, 5.41) is 1.54. The van der Waals surface area contributed by atoms with Crippen molar-refractivity contribution in [3.63, 3.8) is 0 Å². The predicted molar refractivity (Wildman–Crippen MR) is 86.5 cm³/mol. The number of piperidine rings is 1. The first-order valence-electron chi connectivity index (χ1n) is 7.43. The van der Waals surface area contributed by atoms with Crippen molar-refractivity contribution in [2.45, 2.75) is 45.6 Å². The zero-order valence-corrected chi connectivity index (χ0v) is 13.8. The van der Waals surface area contributed by atoms with Crippen molar-refractivity contribution < 1.29 is 0 Å². The molecule has 0 aliphatic carbocycles. The van der Waals surface area contributed by atoms with Crippen molar-refractivity contribution in [3.8, 4) is 0 Å². The fraction of sp³-hybridized carbons (Fsp3) is 0.625. The second-order valence-electron chi connectivity index (χ2n) is 7.11. The third-order valence-corrected chi connectivity index (χ3v) is 6.39. The Bertz CT molecular complexity index is 408. The molecule has 2 unspecified atom stereocenters. The van der Waals surface area contributed by atoms with Gasteiger partial charge in [-0.3, -0.25) is 4.90 Å². The molecule has 3 heteroatoms. The minimum absolute atomic E-state index is 0.343. The van der Waals surface area contributed by atoms with E-state index in [4.69, 9.17) is 5.73 Å². The molecule has 19 heavy (non-hydrogen) atoms. The van der Waals surface area contributed by atoms with E-state index in [9.17, 15) is 0 Å². The number of likely N-dealkylation sites (tertiary alicyclic amines) is 1. The van der Waals surface area contributed by atoms with Gasteiger partial charge in [0.25, 0.3) is 0 Å². The molecule has 2 nitrogen and oxygen atoms in total. The van der Waals surface area contributed by atoms with Gasteiger partial charge in [-0.15, -0.1) is 0 Å². The lowest BCUT2D eigenvalue weighted by molar-refractivity contribution is 0.162. The van der Waals surface area contributed by atoms with Crippen molar-refractivity contribution in [3.05, 3.63) is 29.8 Å². The molecule has 0 amide bonds. The fourth-order valence-electron chi connectivity index (χ4n) is 2.68. The SMILES string of the molecule is CC1CCN(Cc2ccc([Si](C)(C)C)cc2)CC1N. The van der Waals surface area contributed by atoms with Gasteiger partial charge in [-0.25, -0.2) is 0 Å². The average Bonchev–Trinajstić information content (AvgIpc) is 2.33. The summed E-state index contributed by atoms with van der Waals surface area (Å²) in [5.41, 5.74) is 7.59. The molecule has 1 fully saturated rings. The Balaban J connectivity index is 1.97. The lowest BCUT2D eigenvalue weighted by Gasteiger charge is -2.35. The number of nitrogens with zero attached hydrogens (tertiary/aromatic N) is 1. The molecule has 0 aromatic heterocycles. The Kier molecular flexibility index (Phi) is 4.49. The number of benzene rings is 1. The van der Waals surface area contributed by atoms with Gasteiger partial charge < -0.3 is 5.73 Å². The minimum atomic E-state index is -1.16. The summed E-state index contributed by atoms with van der Waals surface area (Å²) in [5.74, 6) is 0.672. The van der Waals surface area contributed by atoms with E-state index in [0.717, 1.165) is 13.1 Å². The lowest BCUT2D eigenvalue weighted by atomic mass is 9.94. The number of nitrogens with two attached hydrogens (primary N) is 1. The molecule has 0 radical (unpaired) electrons. The number of rotatable bonds is 3. The van der Waals surface area contributed by atoms with E-state index in [0.29, 0.717) is 12.0 Å². The van der Waals surface area contributed by atoms with Crippen molar-refractivity contribution >= 4 is 13.3 Å². The largest absolute Gasteiger partial charge is 0.326 e. The lowest BCUT2D eigenvalue weighted by Crippen LogP contribution is -2.47. The van der Waals surface area contributed by atoms with Crippen LogP contribution in [0.15, 0.2) is 24.3 Å². The molecule has 2 rings (SSSR count). The molecule has 106 valence electrons. The summed E-state index contributed by atoms with van der Waals surface area (Å²) in [4.78, 5) is 2.49. The molecule has 1 heterocycles. The van der Waals surface area contributed by atoms with Gasteiger partial charge in [0.2, 0.25) is 0 Å². The Hall–Kier alpha value is -0.643. The van der Waals surface area contributed by atoms with Gasteiger partial charge in [-0.2, -0.15) is 0 Å². The maximum absolute atomic E-state index is 6.17. The van der Waals surface area contributed by atoms with Gasteiger partial charge in [-0.05, 0) is 24.4 Å². The first-order valence-corrected chi connectivity index (χ1v) is 10.9. The van der Waals surface area contributed by atoms with E-state index >= 15 is 0 Å². The topological polar surface area (TPSA) is 29.3 Å². The Morgan fingerprint density at radius 2 is 1.84 bits per heavy atom. The van der Waals surface area contributed by atoms with Gasteiger partial charge in [0.05, 0.1) is 8.07 Å². The summed E-state index contributed by atoms with van der Waals surface area (Å²) in [6, 6.07) is 9.60. The van der Waals surface area contributed by atoms with Crippen molar-refractivity contribution in [1.82, 2.24) is 4.90 Å². The first-order chi connectivity index (χ1) is 8.86. The van der Waals surface area contributed by atoms with Gasteiger partial charge >= 0.3 is 0 Å². The predicted octanol–water partition coefficient (Wildman–Crippen LogP) is 2.40. The summed E-state index contributed by atoms with van der Waals surface area (Å²) in [7, 11) is -1.16. The molecular formula is C16H28N2Si. The van der Waals surface area contributed by atoms with Crippen LogP contribution in [-0.4, -0.2) is 32.1 Å². The normalized spacial score (nSPS) is 25.5. The molecule has 2 N–H and O–H groups in total. The first kappa shape index (κ1) is 14.8. The molecule has 1 saturated heterocycles. The van der Waals surface area contributed by atoms with Crippen LogP contribution in [0.1, 0.15) is 18.9 Å². The third-order valence-electron chi connectivity index (χ3n) is 4.33. The van der Waals surface area contributed by atoms with Gasteiger partial charge in [0.1, 0.15) is 0 Å². The molecule has 1 aliphatic rings. The van der Waals surface area contributed by atoms with Gasteiger partial charge in [0.15, 0.2) is 0 Å². The zero-order valence-electron chi connectivity index (χ0n) is 12.8. The maximum Gasteiger partial charge on any atom is 0.0775 e. The molecular weight excluding hydrogens is 248 g/mol. The number of hydrogen-bond acceptors (Lipinski definition) is 2. The molecule has 1 aromatic rings. The average molecular weight is 276 g/mol. The van der Waals surface area contributed by atoms with E-state index < -0.39 is 8.07 Å². The summed E-state index contributed by atoms with van der Waals surface area (Å²) < 4.78 is 0. The Morgan fingerprint density at radius 1 is 1.21 bits per heavy atom. The fourth-order valence-corrected chi connectivity index (χ4v) is 3.85. The highest BCUT2D eigenvalue weighted by atomic mass is 28.3. The summed E-state index contributed by atoms with van der Waals surface area (Å²) in [6.45, 7) is 12.7. The molecule has 0 bridgehead atoms. The third kappa shape index (κ3) is 3.91. The van der Waals surface area contributed by atoms with Crippen LogP contribution in [0, 0.1) is 5.92 Å². The van der Waals surface area contributed by atoms with Crippen LogP contribution in [0.25, 0.3) is 0 Å². The molecule has 0 spiro atoms. The van der Waals surface area contributed by atoms with Crippen molar-refractivity contribution in [1.29, 1.82) is 0 Å². The molecule has 0 saturated carbocycles. The Morgan fingerprint density at radius 3 is 2.37 bits per heavy atom. The van der Waals surface area contributed by atoms with E-state index in [-0.39, 0.29) is 0 Å². The molecule has 2 atom stereocenters. The number of hydrogen-bond donors (Lipinski definition) is 1. The Labute approximate surface area is 119 Å². The quantitative estimate of drug-likeness (QED) is 0.859. The highest BCUT2D eigenvalue weighted by molar-refractivity contribution is 6.88. The van der Waals surface area contributed by atoms with Crippen LogP contribution in [0.3, 0.4) is 0 Å². The second-order valence-corrected chi connectivity index (χ2v) is 12.2. The van der Waals surface area contributed by atoms with E-state index in [2.05, 4.69) is 55.7 Å². The van der Waals surface area contributed by atoms with E-state index in [1.165, 1.54) is 18.5 Å². The zero-order chi connectivity index (χ0) is 14.0. The second kappa shape index (κ2) is 5.78. The van der Waals surface area contributed by atoms with Crippen LogP contribution >= 0.6 is 0 Å². The van der Waals surface area contributed by atoms with Crippen molar-refractivity contribution in [2.24, 2.45) is 11.7 Å². The van der Waals surface area contributed by atoms with Gasteiger partial charge in [0, 0.05) is 19.1 Å². The van der Waals surface area contributed by atoms with Crippen LogP contribution in [0.4, 0.5) is 0 Å². The van der Waals surface area contributed by atoms with Gasteiger partial charge in [-0.1, -0.05) is 56.0 Å². The molecule has 1 aromatic carbocycles. The van der Waals surface area contributed by atoms with E-state index in [1.807, 2.05) is 0 Å². The summed E-state index contributed by atoms with van der Waals surface area (Å²) in [6.07, 6.45) is 1.23. The standard InChI is InChI=1S/C16H28N2Si/c1-13-9-10-18(12-16(13)17)11-14-5-7-15(8-6-14)19(2,3)4/h5-8,13,16H,9-12,17H2,1-4H3. The molecule has 1 aliphatic heterocycles. The van der Waals surface area contributed by atoms with Crippen molar-refractivity contribution in [2.75, 3.05) is 13.1 Å². The highest BCUT2D eigenvalue weighted by Crippen LogP contribution is 2.17. The smallest absolute Gasteiger partial charge is 0.0775 e.